The van der Waals surface area contributed by atoms with Crippen molar-refractivity contribution in [2.75, 3.05) is 32.7 Å². The van der Waals surface area contributed by atoms with Gasteiger partial charge in [0.2, 0.25) is 17.7 Å². The molecule has 2 rings (SSSR count). The van der Waals surface area contributed by atoms with E-state index in [1.54, 1.807) is 21.9 Å². The molecule has 0 spiro atoms. The first-order chi connectivity index (χ1) is 13.3. The molecule has 1 saturated heterocycles. The van der Waals surface area contributed by atoms with Gasteiger partial charge in [-0.25, -0.2) is 4.39 Å². The molecule has 1 aromatic carbocycles. The van der Waals surface area contributed by atoms with E-state index >= 15 is 0 Å². The lowest BCUT2D eigenvalue weighted by atomic mass is 10.1. The quantitative estimate of drug-likeness (QED) is 0.738. The molecule has 28 heavy (non-hydrogen) atoms. The van der Waals surface area contributed by atoms with E-state index in [1.165, 1.54) is 12.1 Å². The average molecular weight is 392 g/mol. The lowest BCUT2D eigenvalue weighted by molar-refractivity contribution is -0.134. The van der Waals surface area contributed by atoms with Crippen LogP contribution in [0, 0.1) is 11.7 Å². The summed E-state index contributed by atoms with van der Waals surface area (Å²) in [6, 6.07) is 5.36. The smallest absolute Gasteiger partial charge is 0.242 e. The molecule has 0 aliphatic carbocycles. The van der Waals surface area contributed by atoms with E-state index < -0.39 is 6.04 Å². The fraction of sp³-hybridized carbons (Fsp3) is 0.550. The Hall–Kier alpha value is -2.48. The maximum absolute atomic E-state index is 13.3. The molecule has 0 radical (unpaired) electrons. The molecule has 154 valence electrons. The summed E-state index contributed by atoms with van der Waals surface area (Å²) >= 11 is 0. The fourth-order valence-electron chi connectivity index (χ4n) is 3.04. The van der Waals surface area contributed by atoms with Crippen molar-refractivity contribution in [1.29, 1.82) is 0 Å². The minimum absolute atomic E-state index is 0.00838. The van der Waals surface area contributed by atoms with Crippen LogP contribution in [0.3, 0.4) is 0 Å². The van der Waals surface area contributed by atoms with E-state index in [-0.39, 0.29) is 42.4 Å². The normalized spacial score (nSPS) is 15.9. The van der Waals surface area contributed by atoms with Crippen LogP contribution in [-0.4, -0.2) is 66.3 Å². The van der Waals surface area contributed by atoms with Gasteiger partial charge < -0.3 is 20.9 Å². The number of carbonyl (C=O) groups is 3. The van der Waals surface area contributed by atoms with Crippen LogP contribution >= 0.6 is 0 Å². The Kier molecular flexibility index (Phi) is 7.92. The van der Waals surface area contributed by atoms with Gasteiger partial charge in [-0.1, -0.05) is 26.0 Å². The van der Waals surface area contributed by atoms with Crippen LogP contribution < -0.4 is 11.1 Å². The zero-order valence-corrected chi connectivity index (χ0v) is 16.5. The Morgan fingerprint density at radius 2 is 1.75 bits per heavy atom. The van der Waals surface area contributed by atoms with Crippen LogP contribution in [0.5, 0.6) is 0 Å². The topological polar surface area (TPSA) is 95.7 Å². The number of hydrogen-bond acceptors (Lipinski definition) is 4. The first-order valence-corrected chi connectivity index (χ1v) is 9.61. The van der Waals surface area contributed by atoms with Crippen LogP contribution in [0.15, 0.2) is 24.3 Å². The second kappa shape index (κ2) is 10.2. The van der Waals surface area contributed by atoms with Gasteiger partial charge in [-0.15, -0.1) is 0 Å². The summed E-state index contributed by atoms with van der Waals surface area (Å²) in [6.45, 7) is 5.47. The first kappa shape index (κ1) is 21.8. The number of amides is 3. The molecule has 1 aliphatic rings. The highest BCUT2D eigenvalue weighted by Gasteiger charge is 2.23. The Balaban J connectivity index is 1.82. The van der Waals surface area contributed by atoms with Gasteiger partial charge in [-0.05, 0) is 30.0 Å². The zero-order chi connectivity index (χ0) is 20.7. The standard InChI is InChI=1S/C20H29FN4O3/c1-14(2)19(22)20(28)23-13-18(27)25-8-4-7-24(9-10-25)17(26)12-15-5-3-6-16(21)11-15/h3,5-6,11,14,19H,4,7-10,12-13,22H2,1-2H3,(H,23,28)/t19-/m0/s1. The molecule has 1 fully saturated rings. The third-order valence-corrected chi connectivity index (χ3v) is 4.88. The van der Waals surface area contributed by atoms with Gasteiger partial charge in [0.1, 0.15) is 5.82 Å². The molecular formula is C20H29FN4O3. The number of hydrogen-bond donors (Lipinski definition) is 2. The Labute approximate surface area is 165 Å². The number of benzene rings is 1. The molecule has 1 aromatic rings. The van der Waals surface area contributed by atoms with Crippen LogP contribution in [0.25, 0.3) is 0 Å². The SMILES string of the molecule is CC(C)[C@H](N)C(=O)NCC(=O)N1CCCN(C(=O)Cc2cccc(F)c2)CC1. The van der Waals surface area contributed by atoms with E-state index in [0.29, 0.717) is 38.2 Å². The van der Waals surface area contributed by atoms with Gasteiger partial charge in [0.15, 0.2) is 0 Å². The summed E-state index contributed by atoms with van der Waals surface area (Å²) in [5, 5.41) is 2.58. The predicted octanol–water partition coefficient (Wildman–Crippen LogP) is 0.529. The number of halogens is 1. The van der Waals surface area contributed by atoms with Gasteiger partial charge in [0.05, 0.1) is 19.0 Å². The molecule has 3 N–H and O–H groups in total. The Morgan fingerprint density at radius 3 is 2.36 bits per heavy atom. The van der Waals surface area contributed by atoms with E-state index in [2.05, 4.69) is 5.32 Å². The molecular weight excluding hydrogens is 363 g/mol. The van der Waals surface area contributed by atoms with Crippen molar-refractivity contribution >= 4 is 17.7 Å². The van der Waals surface area contributed by atoms with Crippen LogP contribution in [0.1, 0.15) is 25.8 Å². The fourth-order valence-corrected chi connectivity index (χ4v) is 3.04. The summed E-state index contributed by atoms with van der Waals surface area (Å²) < 4.78 is 13.3. The number of nitrogens with zero attached hydrogens (tertiary/aromatic N) is 2. The largest absolute Gasteiger partial charge is 0.346 e. The third kappa shape index (κ3) is 6.30. The molecule has 0 bridgehead atoms. The molecule has 0 unspecified atom stereocenters. The monoisotopic (exact) mass is 392 g/mol. The maximum Gasteiger partial charge on any atom is 0.242 e. The van der Waals surface area contributed by atoms with Crippen molar-refractivity contribution in [1.82, 2.24) is 15.1 Å². The second-order valence-electron chi connectivity index (χ2n) is 7.41. The van der Waals surface area contributed by atoms with E-state index in [0.717, 1.165) is 0 Å². The predicted molar refractivity (Wildman–Crippen MR) is 104 cm³/mol. The number of nitrogens with two attached hydrogens (primary N) is 1. The highest BCUT2D eigenvalue weighted by molar-refractivity contribution is 5.87. The molecule has 3 amide bonds. The lowest BCUT2D eigenvalue weighted by Crippen LogP contribution is -2.48. The van der Waals surface area contributed by atoms with Crippen molar-refractivity contribution < 1.29 is 18.8 Å². The minimum atomic E-state index is -0.645. The third-order valence-electron chi connectivity index (χ3n) is 4.88. The van der Waals surface area contributed by atoms with Crippen molar-refractivity contribution in [3.63, 3.8) is 0 Å². The van der Waals surface area contributed by atoms with Crippen molar-refractivity contribution in [3.8, 4) is 0 Å². The molecule has 1 atom stereocenters. The minimum Gasteiger partial charge on any atom is -0.346 e. The van der Waals surface area contributed by atoms with E-state index in [4.69, 9.17) is 5.73 Å². The van der Waals surface area contributed by atoms with Gasteiger partial charge >= 0.3 is 0 Å². The summed E-state index contributed by atoms with van der Waals surface area (Å²) in [7, 11) is 0. The Bertz CT molecular complexity index is 710. The van der Waals surface area contributed by atoms with Crippen LogP contribution in [-0.2, 0) is 20.8 Å². The summed E-state index contributed by atoms with van der Waals surface area (Å²) in [4.78, 5) is 40.1. The van der Waals surface area contributed by atoms with Crippen LogP contribution in [0.4, 0.5) is 4.39 Å². The highest BCUT2D eigenvalue weighted by Crippen LogP contribution is 2.09. The van der Waals surface area contributed by atoms with Crippen molar-refractivity contribution in [2.24, 2.45) is 11.7 Å². The maximum atomic E-state index is 13.3. The zero-order valence-electron chi connectivity index (χ0n) is 16.5. The first-order valence-electron chi connectivity index (χ1n) is 9.61. The number of nitrogens with one attached hydrogen (secondary N) is 1. The van der Waals surface area contributed by atoms with Crippen molar-refractivity contribution in [2.45, 2.75) is 32.7 Å². The molecule has 8 heteroatoms. The van der Waals surface area contributed by atoms with Crippen molar-refractivity contribution in [3.05, 3.63) is 35.6 Å². The summed E-state index contributed by atoms with van der Waals surface area (Å²) in [6.07, 6.45) is 0.787. The van der Waals surface area contributed by atoms with Crippen LogP contribution in [0.2, 0.25) is 0 Å². The average Bonchev–Trinajstić information content (AvgIpc) is 2.91. The molecule has 7 nitrogen and oxygen atoms in total. The number of carbonyl (C=O) groups excluding carboxylic acids is 3. The summed E-state index contributed by atoms with van der Waals surface area (Å²) in [5.74, 6) is -0.993. The molecule has 0 saturated carbocycles. The van der Waals surface area contributed by atoms with Gasteiger partial charge in [0.25, 0.3) is 0 Å². The molecule has 1 heterocycles. The van der Waals surface area contributed by atoms with Gasteiger partial charge in [-0.2, -0.15) is 0 Å². The lowest BCUT2D eigenvalue weighted by Gasteiger charge is -2.23. The molecule has 0 aromatic heterocycles. The van der Waals surface area contributed by atoms with Gasteiger partial charge in [0, 0.05) is 26.2 Å². The Morgan fingerprint density at radius 1 is 1.11 bits per heavy atom. The second-order valence-corrected chi connectivity index (χ2v) is 7.41. The number of rotatable bonds is 6. The highest BCUT2D eigenvalue weighted by atomic mass is 19.1. The summed E-state index contributed by atoms with van der Waals surface area (Å²) in [5.41, 5.74) is 6.40. The van der Waals surface area contributed by atoms with E-state index in [1.807, 2.05) is 13.8 Å². The molecule has 1 aliphatic heterocycles. The van der Waals surface area contributed by atoms with Gasteiger partial charge in [-0.3, -0.25) is 14.4 Å². The van der Waals surface area contributed by atoms with E-state index in [9.17, 15) is 18.8 Å².